The van der Waals surface area contributed by atoms with Crippen LogP contribution >= 0.6 is 0 Å². The van der Waals surface area contributed by atoms with E-state index in [4.69, 9.17) is 9.47 Å². The SMILES string of the molecule is C=C(C(C)C)[C@@H](CC(=O)OC)C1CCOC1. The van der Waals surface area contributed by atoms with Crippen LogP contribution in [0.25, 0.3) is 0 Å². The van der Waals surface area contributed by atoms with E-state index in [0.29, 0.717) is 18.3 Å². The highest BCUT2D eigenvalue weighted by atomic mass is 16.5. The summed E-state index contributed by atoms with van der Waals surface area (Å²) in [5.41, 5.74) is 1.14. The van der Waals surface area contributed by atoms with Gasteiger partial charge in [-0.3, -0.25) is 4.79 Å². The minimum atomic E-state index is -0.154. The van der Waals surface area contributed by atoms with Crippen LogP contribution in [0.3, 0.4) is 0 Å². The second-order valence-corrected chi connectivity index (χ2v) is 4.74. The van der Waals surface area contributed by atoms with Gasteiger partial charge in [-0.15, -0.1) is 0 Å². The van der Waals surface area contributed by atoms with Gasteiger partial charge in [-0.2, -0.15) is 0 Å². The van der Waals surface area contributed by atoms with Crippen molar-refractivity contribution in [2.45, 2.75) is 26.7 Å². The van der Waals surface area contributed by atoms with Crippen LogP contribution in [0.5, 0.6) is 0 Å². The molecule has 3 nitrogen and oxygen atoms in total. The molecule has 2 atom stereocenters. The summed E-state index contributed by atoms with van der Waals surface area (Å²) in [6.45, 7) is 9.89. The van der Waals surface area contributed by atoms with Crippen LogP contribution in [0.1, 0.15) is 26.7 Å². The molecule has 1 aliphatic heterocycles. The Balaban J connectivity index is 2.67. The first-order chi connectivity index (χ1) is 7.56. The number of esters is 1. The molecule has 1 fully saturated rings. The van der Waals surface area contributed by atoms with Crippen molar-refractivity contribution in [1.82, 2.24) is 0 Å². The van der Waals surface area contributed by atoms with Crippen LogP contribution in [-0.2, 0) is 14.3 Å². The van der Waals surface area contributed by atoms with Gasteiger partial charge in [0.15, 0.2) is 0 Å². The standard InChI is InChI=1S/C13H22O3/c1-9(2)10(3)12(7-13(14)15-4)11-5-6-16-8-11/h9,11-12H,3,5-8H2,1-2,4H3/t11?,12-/m1/s1. The first-order valence-corrected chi connectivity index (χ1v) is 5.89. The first-order valence-electron chi connectivity index (χ1n) is 5.89. The summed E-state index contributed by atoms with van der Waals surface area (Å²) >= 11 is 0. The maximum Gasteiger partial charge on any atom is 0.306 e. The van der Waals surface area contributed by atoms with Gasteiger partial charge in [0, 0.05) is 6.61 Å². The van der Waals surface area contributed by atoms with Crippen molar-refractivity contribution in [2.75, 3.05) is 20.3 Å². The molecule has 0 saturated carbocycles. The van der Waals surface area contributed by atoms with Gasteiger partial charge in [-0.25, -0.2) is 0 Å². The summed E-state index contributed by atoms with van der Waals surface area (Å²) in [5.74, 6) is 0.873. The monoisotopic (exact) mass is 226 g/mol. The first kappa shape index (κ1) is 13.2. The van der Waals surface area contributed by atoms with Crippen molar-refractivity contribution in [3.05, 3.63) is 12.2 Å². The number of carbonyl (C=O) groups is 1. The lowest BCUT2D eigenvalue weighted by Crippen LogP contribution is -2.23. The molecule has 3 heteroatoms. The molecule has 0 amide bonds. The fourth-order valence-electron chi connectivity index (χ4n) is 2.16. The molecule has 0 bridgehead atoms. The second kappa shape index (κ2) is 6.04. The smallest absolute Gasteiger partial charge is 0.306 e. The summed E-state index contributed by atoms with van der Waals surface area (Å²) in [5, 5.41) is 0. The molecule has 92 valence electrons. The highest BCUT2D eigenvalue weighted by Crippen LogP contribution is 2.33. The molecule has 16 heavy (non-hydrogen) atoms. The molecule has 1 unspecified atom stereocenters. The van der Waals surface area contributed by atoms with E-state index in [9.17, 15) is 4.79 Å². The number of allylic oxidation sites excluding steroid dienone is 1. The van der Waals surface area contributed by atoms with Crippen molar-refractivity contribution >= 4 is 5.97 Å². The summed E-state index contributed by atoms with van der Waals surface area (Å²) in [6.07, 6.45) is 1.45. The van der Waals surface area contributed by atoms with E-state index in [1.165, 1.54) is 7.11 Å². The Hall–Kier alpha value is -0.830. The molecule has 0 radical (unpaired) electrons. The van der Waals surface area contributed by atoms with Gasteiger partial charge in [0.1, 0.15) is 0 Å². The molecular formula is C13H22O3. The number of methoxy groups -OCH3 is 1. The highest BCUT2D eigenvalue weighted by Gasteiger charge is 2.30. The Morgan fingerprint density at radius 3 is 2.69 bits per heavy atom. The van der Waals surface area contributed by atoms with Gasteiger partial charge in [-0.1, -0.05) is 26.0 Å². The van der Waals surface area contributed by atoms with Crippen LogP contribution in [0.15, 0.2) is 12.2 Å². The second-order valence-electron chi connectivity index (χ2n) is 4.74. The Morgan fingerprint density at radius 2 is 2.25 bits per heavy atom. The van der Waals surface area contributed by atoms with Gasteiger partial charge in [0.2, 0.25) is 0 Å². The van der Waals surface area contributed by atoms with Crippen LogP contribution in [0.2, 0.25) is 0 Å². The van der Waals surface area contributed by atoms with Gasteiger partial charge in [0.25, 0.3) is 0 Å². The Labute approximate surface area is 97.8 Å². The number of ether oxygens (including phenoxy) is 2. The van der Waals surface area contributed by atoms with E-state index in [-0.39, 0.29) is 11.9 Å². The largest absolute Gasteiger partial charge is 0.469 e. The average Bonchev–Trinajstić information content (AvgIpc) is 2.77. The van der Waals surface area contributed by atoms with E-state index >= 15 is 0 Å². The zero-order valence-corrected chi connectivity index (χ0v) is 10.5. The van der Waals surface area contributed by atoms with Crippen LogP contribution in [0, 0.1) is 17.8 Å². The Bertz CT molecular complexity index is 252. The predicted octanol–water partition coefficient (Wildman–Crippen LogP) is 2.41. The van der Waals surface area contributed by atoms with Crippen molar-refractivity contribution < 1.29 is 14.3 Å². The molecule has 0 spiro atoms. The number of carbonyl (C=O) groups excluding carboxylic acids is 1. The number of hydrogen-bond donors (Lipinski definition) is 0. The van der Waals surface area contributed by atoms with Gasteiger partial charge in [0.05, 0.1) is 20.1 Å². The molecule has 1 aliphatic rings. The minimum absolute atomic E-state index is 0.154. The summed E-state index contributed by atoms with van der Waals surface area (Å²) in [7, 11) is 1.43. The fourth-order valence-corrected chi connectivity index (χ4v) is 2.16. The molecule has 0 aromatic rings. The summed E-state index contributed by atoms with van der Waals surface area (Å²) in [6, 6.07) is 0. The minimum Gasteiger partial charge on any atom is -0.469 e. The van der Waals surface area contributed by atoms with Crippen LogP contribution < -0.4 is 0 Å². The third-order valence-electron chi connectivity index (χ3n) is 3.37. The van der Waals surface area contributed by atoms with Crippen molar-refractivity contribution in [3.63, 3.8) is 0 Å². The average molecular weight is 226 g/mol. The number of hydrogen-bond acceptors (Lipinski definition) is 3. The topological polar surface area (TPSA) is 35.5 Å². The van der Waals surface area contributed by atoms with E-state index in [1.807, 2.05) is 0 Å². The summed E-state index contributed by atoms with van der Waals surface area (Å²) in [4.78, 5) is 11.4. The number of rotatable bonds is 5. The maximum absolute atomic E-state index is 11.4. The van der Waals surface area contributed by atoms with Gasteiger partial charge in [-0.05, 0) is 24.2 Å². The molecule has 1 rings (SSSR count). The third-order valence-corrected chi connectivity index (χ3v) is 3.37. The molecule has 0 aliphatic carbocycles. The molecule has 1 heterocycles. The van der Waals surface area contributed by atoms with Crippen molar-refractivity contribution in [2.24, 2.45) is 17.8 Å². The zero-order valence-electron chi connectivity index (χ0n) is 10.5. The van der Waals surface area contributed by atoms with E-state index < -0.39 is 0 Å². The quantitative estimate of drug-likeness (QED) is 0.533. The van der Waals surface area contributed by atoms with Crippen LogP contribution in [-0.4, -0.2) is 26.3 Å². The summed E-state index contributed by atoms with van der Waals surface area (Å²) < 4.78 is 10.1. The van der Waals surface area contributed by atoms with E-state index in [0.717, 1.165) is 25.2 Å². The lowest BCUT2D eigenvalue weighted by molar-refractivity contribution is -0.141. The molecule has 0 aromatic heterocycles. The molecular weight excluding hydrogens is 204 g/mol. The lowest BCUT2D eigenvalue weighted by Gasteiger charge is -2.26. The van der Waals surface area contributed by atoms with Crippen molar-refractivity contribution in [3.8, 4) is 0 Å². The fraction of sp³-hybridized carbons (Fsp3) is 0.769. The molecule has 0 N–H and O–H groups in total. The van der Waals surface area contributed by atoms with Crippen molar-refractivity contribution in [1.29, 1.82) is 0 Å². The third kappa shape index (κ3) is 3.34. The van der Waals surface area contributed by atoms with Crippen LogP contribution in [0.4, 0.5) is 0 Å². The Morgan fingerprint density at radius 1 is 1.56 bits per heavy atom. The van der Waals surface area contributed by atoms with E-state index in [1.54, 1.807) is 0 Å². The van der Waals surface area contributed by atoms with Gasteiger partial charge >= 0.3 is 5.97 Å². The normalized spacial score (nSPS) is 22.1. The Kier molecular flexibility index (Phi) is 5.00. The van der Waals surface area contributed by atoms with E-state index in [2.05, 4.69) is 20.4 Å². The molecule has 1 saturated heterocycles. The molecule has 0 aromatic carbocycles. The zero-order chi connectivity index (χ0) is 12.1. The highest BCUT2D eigenvalue weighted by molar-refractivity contribution is 5.70. The lowest BCUT2D eigenvalue weighted by atomic mass is 9.79. The van der Waals surface area contributed by atoms with Gasteiger partial charge < -0.3 is 9.47 Å². The predicted molar refractivity (Wildman–Crippen MR) is 63.0 cm³/mol. The maximum atomic E-state index is 11.4.